The van der Waals surface area contributed by atoms with E-state index >= 15 is 0 Å². The molecule has 3 nitrogen and oxygen atoms in total. The van der Waals surface area contributed by atoms with E-state index in [9.17, 15) is 0 Å². The Bertz CT molecular complexity index is 632. The molecule has 2 N–H and O–H groups in total. The van der Waals surface area contributed by atoms with E-state index in [2.05, 4.69) is 64.1 Å². The first-order valence-corrected chi connectivity index (χ1v) is 11.7. The van der Waals surface area contributed by atoms with Gasteiger partial charge in [0.1, 0.15) is 0 Å². The summed E-state index contributed by atoms with van der Waals surface area (Å²) < 4.78 is 0. The van der Waals surface area contributed by atoms with Crippen LogP contribution in [0.1, 0.15) is 31.7 Å². The summed E-state index contributed by atoms with van der Waals surface area (Å²) in [4.78, 5) is 6.53. The van der Waals surface area contributed by atoms with Crippen LogP contribution in [0.25, 0.3) is 0 Å². The standard InChI is InChI=1S/C21H31N3S2/c1-17(22)7-11-23-12-8-20(9-13-23)24(15-18-10-14-26-16-18)19-3-5-21(25-2)6-4-19/h3-6,10,14,16-17,20H,7-9,11-13,15,22H2,1-2H3/t17-/m1/s1. The van der Waals surface area contributed by atoms with E-state index in [1.807, 2.05) is 0 Å². The molecule has 0 saturated carbocycles. The lowest BCUT2D eigenvalue weighted by Crippen LogP contribution is -2.45. The Morgan fingerprint density at radius 2 is 1.96 bits per heavy atom. The van der Waals surface area contributed by atoms with E-state index in [0.29, 0.717) is 12.1 Å². The van der Waals surface area contributed by atoms with Crippen molar-refractivity contribution in [3.8, 4) is 0 Å². The molecule has 1 aliphatic heterocycles. The van der Waals surface area contributed by atoms with Crippen LogP contribution in [0.2, 0.25) is 0 Å². The summed E-state index contributed by atoms with van der Waals surface area (Å²) in [7, 11) is 0. The third-order valence-electron chi connectivity index (χ3n) is 5.24. The average molecular weight is 390 g/mol. The van der Waals surface area contributed by atoms with Crippen LogP contribution >= 0.6 is 23.1 Å². The molecular formula is C21H31N3S2. The molecule has 3 rings (SSSR count). The second-order valence-corrected chi connectivity index (χ2v) is 8.96. The summed E-state index contributed by atoms with van der Waals surface area (Å²) in [5, 5.41) is 4.46. The normalized spacial score (nSPS) is 17.3. The van der Waals surface area contributed by atoms with E-state index in [0.717, 1.165) is 19.5 Å². The monoisotopic (exact) mass is 389 g/mol. The van der Waals surface area contributed by atoms with Crippen LogP contribution in [0.3, 0.4) is 0 Å². The first kappa shape index (κ1) is 19.7. The van der Waals surface area contributed by atoms with Crippen LogP contribution in [0.4, 0.5) is 5.69 Å². The average Bonchev–Trinajstić information content (AvgIpc) is 3.18. The molecule has 5 heteroatoms. The largest absolute Gasteiger partial charge is 0.364 e. The van der Waals surface area contributed by atoms with Crippen LogP contribution in [0.15, 0.2) is 46.0 Å². The van der Waals surface area contributed by atoms with Crippen LogP contribution in [-0.2, 0) is 6.54 Å². The number of nitrogens with two attached hydrogens (primary N) is 1. The molecule has 1 aromatic heterocycles. The summed E-state index contributed by atoms with van der Waals surface area (Å²) in [5.74, 6) is 0. The highest BCUT2D eigenvalue weighted by Crippen LogP contribution is 2.28. The summed E-state index contributed by atoms with van der Waals surface area (Å²) in [6.45, 7) is 6.61. The van der Waals surface area contributed by atoms with E-state index in [-0.39, 0.29) is 0 Å². The van der Waals surface area contributed by atoms with Gasteiger partial charge < -0.3 is 15.5 Å². The fourth-order valence-corrected chi connectivity index (χ4v) is 4.69. The van der Waals surface area contributed by atoms with Gasteiger partial charge in [0.2, 0.25) is 0 Å². The lowest BCUT2D eigenvalue weighted by Gasteiger charge is -2.40. The zero-order chi connectivity index (χ0) is 18.4. The molecule has 26 heavy (non-hydrogen) atoms. The molecule has 1 fully saturated rings. The van der Waals surface area contributed by atoms with E-state index < -0.39 is 0 Å². The minimum absolute atomic E-state index is 0.303. The Kier molecular flexibility index (Phi) is 7.43. The van der Waals surface area contributed by atoms with E-state index in [4.69, 9.17) is 5.73 Å². The van der Waals surface area contributed by atoms with Gasteiger partial charge in [0.25, 0.3) is 0 Å². The third kappa shape index (κ3) is 5.49. The SMILES string of the molecule is CSc1ccc(N(Cc2ccsc2)C2CCN(CC[C@@H](C)N)CC2)cc1. The topological polar surface area (TPSA) is 32.5 Å². The highest BCUT2D eigenvalue weighted by molar-refractivity contribution is 7.98. The Morgan fingerprint density at radius 1 is 1.23 bits per heavy atom. The number of thioether (sulfide) groups is 1. The Balaban J connectivity index is 1.67. The fourth-order valence-electron chi connectivity index (χ4n) is 3.63. The van der Waals surface area contributed by atoms with Crippen LogP contribution in [0, 0.1) is 0 Å². The number of nitrogens with zero attached hydrogens (tertiary/aromatic N) is 2. The maximum absolute atomic E-state index is 5.92. The maximum atomic E-state index is 5.92. The molecule has 1 saturated heterocycles. The number of likely N-dealkylation sites (tertiary alicyclic amines) is 1. The molecule has 0 unspecified atom stereocenters. The minimum Gasteiger partial charge on any atom is -0.364 e. The zero-order valence-corrected chi connectivity index (χ0v) is 17.6. The lowest BCUT2D eigenvalue weighted by atomic mass is 10.0. The van der Waals surface area contributed by atoms with Gasteiger partial charge in [-0.3, -0.25) is 0 Å². The highest BCUT2D eigenvalue weighted by Gasteiger charge is 2.25. The molecule has 0 aliphatic carbocycles. The highest BCUT2D eigenvalue weighted by atomic mass is 32.2. The van der Waals surface area contributed by atoms with Gasteiger partial charge in [0.05, 0.1) is 0 Å². The van der Waals surface area contributed by atoms with Crippen molar-refractivity contribution in [3.05, 3.63) is 46.7 Å². The molecule has 0 bridgehead atoms. The van der Waals surface area contributed by atoms with Crippen LogP contribution in [-0.4, -0.2) is 42.9 Å². The molecule has 142 valence electrons. The number of rotatable bonds is 8. The van der Waals surface area contributed by atoms with Crippen molar-refractivity contribution in [2.24, 2.45) is 5.73 Å². The third-order valence-corrected chi connectivity index (χ3v) is 6.71. The second-order valence-electron chi connectivity index (χ2n) is 7.30. The number of hydrogen-bond acceptors (Lipinski definition) is 5. The minimum atomic E-state index is 0.303. The summed E-state index contributed by atoms with van der Waals surface area (Å²) in [5.41, 5.74) is 8.69. The molecule has 2 aromatic rings. The number of benzene rings is 1. The van der Waals surface area contributed by atoms with Crippen molar-refractivity contribution < 1.29 is 0 Å². The first-order chi connectivity index (χ1) is 12.7. The number of piperidine rings is 1. The zero-order valence-electron chi connectivity index (χ0n) is 15.9. The maximum Gasteiger partial charge on any atom is 0.0440 e. The van der Waals surface area contributed by atoms with Gasteiger partial charge in [0.15, 0.2) is 0 Å². The molecule has 0 spiro atoms. The number of anilines is 1. The summed E-state index contributed by atoms with van der Waals surface area (Å²) in [6.07, 6.45) is 5.69. The molecule has 2 heterocycles. The summed E-state index contributed by atoms with van der Waals surface area (Å²) in [6, 6.07) is 12.3. The molecule has 1 aromatic carbocycles. The van der Waals surface area contributed by atoms with Gasteiger partial charge in [-0.15, -0.1) is 11.8 Å². The van der Waals surface area contributed by atoms with Crippen LogP contribution < -0.4 is 10.6 Å². The number of thiophene rings is 1. The molecule has 0 amide bonds. The Hall–Kier alpha value is -1.01. The predicted molar refractivity (Wildman–Crippen MR) is 116 cm³/mol. The Morgan fingerprint density at radius 3 is 2.54 bits per heavy atom. The van der Waals surface area contributed by atoms with Crippen molar-refractivity contribution in [2.45, 2.75) is 49.7 Å². The van der Waals surface area contributed by atoms with Gasteiger partial charge in [-0.1, -0.05) is 0 Å². The van der Waals surface area contributed by atoms with Crippen molar-refractivity contribution in [1.29, 1.82) is 0 Å². The predicted octanol–water partition coefficient (Wildman–Crippen LogP) is 4.68. The molecule has 1 atom stereocenters. The van der Waals surface area contributed by atoms with Gasteiger partial charge >= 0.3 is 0 Å². The smallest absolute Gasteiger partial charge is 0.0440 e. The first-order valence-electron chi connectivity index (χ1n) is 9.55. The van der Waals surface area contributed by atoms with Gasteiger partial charge in [-0.05, 0) is 85.6 Å². The summed E-state index contributed by atoms with van der Waals surface area (Å²) >= 11 is 3.59. The quantitative estimate of drug-likeness (QED) is 0.665. The fraction of sp³-hybridized carbons (Fsp3) is 0.524. The van der Waals surface area contributed by atoms with Crippen molar-refractivity contribution in [2.75, 3.05) is 30.8 Å². The Labute approximate surface area is 166 Å². The second kappa shape index (κ2) is 9.79. The molecule has 1 aliphatic rings. The van der Waals surface area contributed by atoms with Gasteiger partial charge in [-0.25, -0.2) is 0 Å². The van der Waals surface area contributed by atoms with Crippen LogP contribution in [0.5, 0.6) is 0 Å². The van der Waals surface area contributed by atoms with Gasteiger partial charge in [0, 0.05) is 42.3 Å². The van der Waals surface area contributed by atoms with E-state index in [1.165, 1.54) is 42.1 Å². The lowest BCUT2D eigenvalue weighted by molar-refractivity contribution is 0.203. The van der Waals surface area contributed by atoms with Crippen molar-refractivity contribution in [1.82, 2.24) is 4.90 Å². The molecule has 0 radical (unpaired) electrons. The number of hydrogen-bond donors (Lipinski definition) is 1. The van der Waals surface area contributed by atoms with Gasteiger partial charge in [-0.2, -0.15) is 11.3 Å². The van der Waals surface area contributed by atoms with Crippen molar-refractivity contribution >= 4 is 28.8 Å². The van der Waals surface area contributed by atoms with Crippen molar-refractivity contribution in [3.63, 3.8) is 0 Å². The van der Waals surface area contributed by atoms with E-state index in [1.54, 1.807) is 23.1 Å². The molecular weight excluding hydrogens is 358 g/mol.